The fraction of sp³-hybridized carbons (Fsp3) is 0.136. The van der Waals surface area contributed by atoms with E-state index < -0.39 is 12.8 Å². The lowest BCUT2D eigenvalue weighted by Gasteiger charge is -2.30. The molecular formula is C22H21N2OP. The van der Waals surface area contributed by atoms with Crippen LogP contribution in [0.25, 0.3) is 0 Å². The SMILES string of the molecule is Cc1ccc([C@@](C)(C#N)NP(=O)(c2ccccc2)c2ccccc2)cc1. The average molecular weight is 360 g/mol. The highest BCUT2D eigenvalue weighted by Crippen LogP contribution is 2.43. The van der Waals surface area contributed by atoms with E-state index in [4.69, 9.17) is 0 Å². The maximum absolute atomic E-state index is 14.2. The van der Waals surface area contributed by atoms with Gasteiger partial charge in [0.2, 0.25) is 7.29 Å². The number of hydrogen-bond donors (Lipinski definition) is 1. The minimum atomic E-state index is -3.21. The molecule has 0 saturated heterocycles. The van der Waals surface area contributed by atoms with Crippen LogP contribution in [0.15, 0.2) is 84.9 Å². The molecule has 1 atom stereocenters. The summed E-state index contributed by atoms with van der Waals surface area (Å²) in [5.41, 5.74) is 0.815. The number of rotatable bonds is 5. The van der Waals surface area contributed by atoms with Gasteiger partial charge in [-0.1, -0.05) is 66.2 Å². The van der Waals surface area contributed by atoms with Crippen molar-refractivity contribution in [2.75, 3.05) is 0 Å². The van der Waals surface area contributed by atoms with Crippen LogP contribution in [0.4, 0.5) is 0 Å². The second-order valence-corrected chi connectivity index (χ2v) is 8.97. The van der Waals surface area contributed by atoms with Crippen LogP contribution in [0, 0.1) is 18.3 Å². The lowest BCUT2D eigenvalue weighted by Crippen LogP contribution is -2.41. The van der Waals surface area contributed by atoms with Crippen molar-refractivity contribution in [2.45, 2.75) is 19.4 Å². The van der Waals surface area contributed by atoms with E-state index in [2.05, 4.69) is 11.2 Å². The Kier molecular flexibility index (Phi) is 5.09. The lowest BCUT2D eigenvalue weighted by molar-refractivity contribution is 0.532. The van der Waals surface area contributed by atoms with Crippen molar-refractivity contribution in [2.24, 2.45) is 0 Å². The molecule has 0 amide bonds. The Labute approximate surface area is 154 Å². The summed E-state index contributed by atoms with van der Waals surface area (Å²) in [5.74, 6) is 0. The van der Waals surface area contributed by atoms with E-state index in [-0.39, 0.29) is 0 Å². The number of benzene rings is 3. The van der Waals surface area contributed by atoms with Gasteiger partial charge in [-0.2, -0.15) is 5.26 Å². The largest absolute Gasteiger partial charge is 0.296 e. The Morgan fingerprint density at radius 3 is 1.73 bits per heavy atom. The van der Waals surface area contributed by atoms with Crippen molar-refractivity contribution >= 4 is 17.9 Å². The highest BCUT2D eigenvalue weighted by molar-refractivity contribution is 7.77. The molecule has 0 bridgehead atoms. The van der Waals surface area contributed by atoms with E-state index >= 15 is 0 Å². The Morgan fingerprint density at radius 2 is 1.31 bits per heavy atom. The average Bonchev–Trinajstić information content (AvgIpc) is 2.69. The molecule has 0 radical (unpaired) electrons. The minimum Gasteiger partial charge on any atom is -0.296 e. The summed E-state index contributed by atoms with van der Waals surface area (Å²) in [6, 6.07) is 28.7. The van der Waals surface area contributed by atoms with Gasteiger partial charge in [0.25, 0.3) is 0 Å². The molecule has 0 aliphatic heterocycles. The molecule has 0 heterocycles. The van der Waals surface area contributed by atoms with Crippen LogP contribution in [0.5, 0.6) is 0 Å². The van der Waals surface area contributed by atoms with Gasteiger partial charge in [0.1, 0.15) is 5.54 Å². The lowest BCUT2D eigenvalue weighted by atomic mass is 9.94. The van der Waals surface area contributed by atoms with Crippen molar-refractivity contribution in [1.82, 2.24) is 5.09 Å². The summed E-state index contributed by atoms with van der Waals surface area (Å²) < 4.78 is 14.2. The molecule has 26 heavy (non-hydrogen) atoms. The van der Waals surface area contributed by atoms with E-state index in [1.54, 1.807) is 6.92 Å². The summed E-state index contributed by atoms with van der Waals surface area (Å²) in [4.78, 5) is 0. The van der Waals surface area contributed by atoms with Gasteiger partial charge in [-0.05, 0) is 43.7 Å². The maximum Gasteiger partial charge on any atom is 0.206 e. The molecule has 0 aromatic heterocycles. The summed E-state index contributed by atoms with van der Waals surface area (Å²) in [5, 5.41) is 14.5. The van der Waals surface area contributed by atoms with Crippen LogP contribution in [0.3, 0.4) is 0 Å². The topological polar surface area (TPSA) is 52.9 Å². The molecule has 0 unspecified atom stereocenters. The normalized spacial score (nSPS) is 13.6. The van der Waals surface area contributed by atoms with Crippen molar-refractivity contribution in [3.8, 4) is 6.07 Å². The third-order valence-electron chi connectivity index (χ3n) is 4.47. The summed E-state index contributed by atoms with van der Waals surface area (Å²) in [6.07, 6.45) is 0. The molecule has 0 aliphatic carbocycles. The van der Waals surface area contributed by atoms with Crippen LogP contribution in [-0.2, 0) is 10.1 Å². The van der Waals surface area contributed by atoms with Gasteiger partial charge < -0.3 is 0 Å². The Bertz CT molecular complexity index is 919. The molecule has 3 nitrogen and oxygen atoms in total. The molecule has 0 saturated carbocycles. The summed E-state index contributed by atoms with van der Waals surface area (Å²) in [7, 11) is -3.21. The van der Waals surface area contributed by atoms with Gasteiger partial charge in [-0.15, -0.1) is 0 Å². The van der Waals surface area contributed by atoms with E-state index in [1.807, 2.05) is 91.9 Å². The summed E-state index contributed by atoms with van der Waals surface area (Å²) >= 11 is 0. The van der Waals surface area contributed by atoms with E-state index in [1.165, 1.54) is 0 Å². The van der Waals surface area contributed by atoms with Gasteiger partial charge in [0.05, 0.1) is 6.07 Å². The molecule has 1 N–H and O–H groups in total. The fourth-order valence-electron chi connectivity index (χ4n) is 2.91. The molecule has 3 aromatic rings. The third kappa shape index (κ3) is 3.48. The Morgan fingerprint density at radius 1 is 0.846 bits per heavy atom. The first-order valence-electron chi connectivity index (χ1n) is 8.47. The van der Waals surface area contributed by atoms with Crippen molar-refractivity contribution < 1.29 is 4.57 Å². The number of nitrogens with zero attached hydrogens (tertiary/aromatic N) is 1. The number of aryl methyl sites for hydroxylation is 1. The number of hydrogen-bond acceptors (Lipinski definition) is 2. The molecule has 3 rings (SSSR count). The van der Waals surface area contributed by atoms with Crippen LogP contribution in [0.1, 0.15) is 18.1 Å². The summed E-state index contributed by atoms with van der Waals surface area (Å²) in [6.45, 7) is 3.77. The fourth-order valence-corrected chi connectivity index (χ4v) is 5.46. The first kappa shape index (κ1) is 18.1. The Hall–Kier alpha value is -2.66. The standard InChI is InChI=1S/C22H21N2OP/c1-18-13-15-19(16-14-18)22(2,17-23)24-26(25,20-9-5-3-6-10-20)21-11-7-4-8-12-21/h3-16H,1-2H3,(H,24,25)/t22-/m1/s1. The molecule has 130 valence electrons. The quantitative estimate of drug-likeness (QED) is 0.692. The molecule has 4 heteroatoms. The maximum atomic E-state index is 14.2. The van der Waals surface area contributed by atoms with Gasteiger partial charge in [-0.25, -0.2) is 5.09 Å². The minimum absolute atomic E-state index is 0.680. The van der Waals surface area contributed by atoms with Gasteiger partial charge in [0.15, 0.2) is 0 Å². The van der Waals surface area contributed by atoms with Crippen molar-refractivity contribution in [3.63, 3.8) is 0 Å². The first-order valence-corrected chi connectivity index (χ1v) is 10.2. The molecule has 0 aliphatic rings. The Balaban J connectivity index is 2.13. The predicted molar refractivity (Wildman–Crippen MR) is 107 cm³/mol. The van der Waals surface area contributed by atoms with Crippen LogP contribution >= 0.6 is 7.29 Å². The third-order valence-corrected chi connectivity index (χ3v) is 7.29. The smallest absolute Gasteiger partial charge is 0.206 e. The zero-order chi connectivity index (χ0) is 18.6. The van der Waals surface area contributed by atoms with E-state index in [9.17, 15) is 9.83 Å². The van der Waals surface area contributed by atoms with Crippen LogP contribution in [-0.4, -0.2) is 0 Å². The predicted octanol–water partition coefficient (Wildman–Crippen LogP) is 4.25. The second-order valence-electron chi connectivity index (χ2n) is 6.50. The second kappa shape index (κ2) is 7.30. The number of nitrogens with one attached hydrogen (secondary N) is 1. The van der Waals surface area contributed by atoms with Gasteiger partial charge in [-0.3, -0.25) is 4.57 Å². The highest BCUT2D eigenvalue weighted by Gasteiger charge is 2.37. The molecule has 0 fully saturated rings. The van der Waals surface area contributed by atoms with Crippen molar-refractivity contribution in [3.05, 3.63) is 96.1 Å². The molecule has 0 spiro atoms. The van der Waals surface area contributed by atoms with E-state index in [0.717, 1.165) is 11.1 Å². The monoisotopic (exact) mass is 360 g/mol. The van der Waals surface area contributed by atoms with E-state index in [0.29, 0.717) is 10.6 Å². The van der Waals surface area contributed by atoms with Gasteiger partial charge in [0, 0.05) is 10.6 Å². The number of nitriles is 1. The van der Waals surface area contributed by atoms with Crippen molar-refractivity contribution in [1.29, 1.82) is 5.26 Å². The zero-order valence-electron chi connectivity index (χ0n) is 14.9. The first-order chi connectivity index (χ1) is 12.5. The van der Waals surface area contributed by atoms with Gasteiger partial charge >= 0.3 is 0 Å². The van der Waals surface area contributed by atoms with Crippen LogP contribution < -0.4 is 15.7 Å². The van der Waals surface area contributed by atoms with Crippen LogP contribution in [0.2, 0.25) is 0 Å². The molecular weight excluding hydrogens is 339 g/mol. The molecule has 3 aromatic carbocycles. The zero-order valence-corrected chi connectivity index (χ0v) is 15.8. The highest BCUT2D eigenvalue weighted by atomic mass is 31.2.